The number of anilines is 1. The average molecular weight is 192 g/mol. The summed E-state index contributed by atoms with van der Waals surface area (Å²) in [7, 11) is 0. The first-order valence-electron chi connectivity index (χ1n) is 4.80. The van der Waals surface area contributed by atoms with Gasteiger partial charge in [0, 0.05) is 11.6 Å². The van der Waals surface area contributed by atoms with Crippen LogP contribution < -0.4 is 11.1 Å². The van der Waals surface area contributed by atoms with E-state index in [4.69, 9.17) is 5.73 Å². The summed E-state index contributed by atoms with van der Waals surface area (Å²) in [6.07, 6.45) is 0.721. The third-order valence-electron chi connectivity index (χ3n) is 2.09. The molecule has 1 amide bonds. The number of nitrogens with two attached hydrogens (primary N) is 1. The molecule has 0 spiro atoms. The number of rotatable bonds is 4. The van der Waals surface area contributed by atoms with Gasteiger partial charge in [-0.15, -0.1) is 0 Å². The lowest BCUT2D eigenvalue weighted by molar-refractivity contribution is -0.119. The number of hydrogen-bond donors (Lipinski definition) is 2. The third kappa shape index (κ3) is 3.18. The van der Waals surface area contributed by atoms with Crippen LogP contribution in [0.3, 0.4) is 0 Å². The van der Waals surface area contributed by atoms with Crippen molar-refractivity contribution in [3.63, 3.8) is 0 Å². The highest BCUT2D eigenvalue weighted by Gasteiger charge is 2.11. The van der Waals surface area contributed by atoms with E-state index in [0.717, 1.165) is 12.1 Å². The van der Waals surface area contributed by atoms with Gasteiger partial charge in [0.05, 0.1) is 0 Å². The van der Waals surface area contributed by atoms with Gasteiger partial charge in [-0.3, -0.25) is 4.79 Å². The number of amides is 1. The Balaban J connectivity index is 2.49. The number of benzene rings is 1. The van der Waals surface area contributed by atoms with Crippen LogP contribution in [-0.4, -0.2) is 12.5 Å². The lowest BCUT2D eigenvalue weighted by Crippen LogP contribution is -2.22. The number of para-hydroxylation sites is 1. The first-order chi connectivity index (χ1) is 6.74. The maximum atomic E-state index is 11.5. The molecule has 0 aliphatic rings. The molecule has 0 saturated carbocycles. The highest BCUT2D eigenvalue weighted by molar-refractivity contribution is 5.92. The molecule has 1 aromatic carbocycles. The lowest BCUT2D eigenvalue weighted by atomic mass is 10.1. The van der Waals surface area contributed by atoms with Crippen molar-refractivity contribution in [2.24, 2.45) is 11.7 Å². The van der Waals surface area contributed by atoms with Gasteiger partial charge in [0.2, 0.25) is 5.91 Å². The fourth-order valence-corrected chi connectivity index (χ4v) is 1.17. The van der Waals surface area contributed by atoms with Crippen LogP contribution in [0.15, 0.2) is 30.3 Å². The predicted octanol–water partition coefficient (Wildman–Crippen LogP) is 1.61. The van der Waals surface area contributed by atoms with Crippen molar-refractivity contribution < 1.29 is 4.79 Å². The highest BCUT2D eigenvalue weighted by Crippen LogP contribution is 2.08. The van der Waals surface area contributed by atoms with E-state index in [9.17, 15) is 4.79 Å². The zero-order valence-electron chi connectivity index (χ0n) is 8.36. The van der Waals surface area contributed by atoms with E-state index >= 15 is 0 Å². The normalized spacial score (nSPS) is 12.1. The Hall–Kier alpha value is -1.35. The predicted molar refractivity (Wildman–Crippen MR) is 57.9 cm³/mol. The molecule has 0 saturated heterocycles. The van der Waals surface area contributed by atoms with Gasteiger partial charge < -0.3 is 11.1 Å². The van der Waals surface area contributed by atoms with E-state index in [2.05, 4.69) is 5.32 Å². The first-order valence-corrected chi connectivity index (χ1v) is 4.80. The maximum Gasteiger partial charge on any atom is 0.227 e. The smallest absolute Gasteiger partial charge is 0.227 e. The Kier molecular flexibility index (Phi) is 4.13. The van der Waals surface area contributed by atoms with Crippen molar-refractivity contribution in [1.82, 2.24) is 0 Å². The molecular formula is C11H16N2O. The molecule has 0 fully saturated rings. The number of carbonyl (C=O) groups excluding carboxylic acids is 1. The van der Waals surface area contributed by atoms with Gasteiger partial charge in [0.15, 0.2) is 0 Å². The van der Waals surface area contributed by atoms with Crippen molar-refractivity contribution in [2.75, 3.05) is 11.9 Å². The van der Waals surface area contributed by atoms with Crippen LogP contribution in [0, 0.1) is 5.92 Å². The monoisotopic (exact) mass is 192 g/mol. The van der Waals surface area contributed by atoms with Crippen LogP contribution >= 0.6 is 0 Å². The summed E-state index contributed by atoms with van der Waals surface area (Å²) in [6, 6.07) is 9.44. The van der Waals surface area contributed by atoms with Gasteiger partial charge in [0.1, 0.15) is 0 Å². The Morgan fingerprint density at radius 2 is 2.07 bits per heavy atom. The van der Waals surface area contributed by atoms with Crippen molar-refractivity contribution in [3.8, 4) is 0 Å². The van der Waals surface area contributed by atoms with Crippen LogP contribution in [0.1, 0.15) is 13.3 Å². The van der Waals surface area contributed by atoms with Gasteiger partial charge in [-0.1, -0.05) is 25.1 Å². The largest absolute Gasteiger partial charge is 0.330 e. The fourth-order valence-electron chi connectivity index (χ4n) is 1.17. The van der Waals surface area contributed by atoms with E-state index in [1.807, 2.05) is 37.3 Å². The Morgan fingerprint density at radius 1 is 1.43 bits per heavy atom. The first kappa shape index (κ1) is 10.7. The minimum atomic E-state index is -0.0276. The molecule has 0 heterocycles. The number of hydrogen-bond acceptors (Lipinski definition) is 2. The van der Waals surface area contributed by atoms with Crippen LogP contribution in [0.4, 0.5) is 5.69 Å². The second-order valence-electron chi connectivity index (χ2n) is 3.33. The minimum Gasteiger partial charge on any atom is -0.330 e. The molecule has 0 aliphatic heterocycles. The zero-order chi connectivity index (χ0) is 10.4. The van der Waals surface area contributed by atoms with Crippen LogP contribution in [-0.2, 0) is 4.79 Å². The van der Waals surface area contributed by atoms with Crippen molar-refractivity contribution in [3.05, 3.63) is 30.3 Å². The molecule has 1 aromatic rings. The van der Waals surface area contributed by atoms with Gasteiger partial charge in [-0.25, -0.2) is 0 Å². The lowest BCUT2D eigenvalue weighted by Gasteiger charge is -2.10. The average Bonchev–Trinajstić information content (AvgIpc) is 2.19. The molecule has 3 heteroatoms. The quantitative estimate of drug-likeness (QED) is 0.761. The Labute approximate surface area is 84.3 Å². The maximum absolute atomic E-state index is 11.5. The molecule has 76 valence electrons. The molecule has 14 heavy (non-hydrogen) atoms. The van der Waals surface area contributed by atoms with Gasteiger partial charge in [-0.05, 0) is 25.1 Å². The SMILES string of the molecule is CC(CCN)C(=O)Nc1ccccc1. The van der Waals surface area contributed by atoms with Crippen LogP contribution in [0.25, 0.3) is 0 Å². The zero-order valence-corrected chi connectivity index (χ0v) is 8.36. The van der Waals surface area contributed by atoms with Gasteiger partial charge in [-0.2, -0.15) is 0 Å². The molecule has 1 atom stereocenters. The van der Waals surface area contributed by atoms with E-state index in [-0.39, 0.29) is 11.8 Å². The minimum absolute atomic E-state index is 0.0276. The summed E-state index contributed by atoms with van der Waals surface area (Å²) >= 11 is 0. The van der Waals surface area contributed by atoms with Gasteiger partial charge in [0.25, 0.3) is 0 Å². The summed E-state index contributed by atoms with van der Waals surface area (Å²) in [5, 5.41) is 2.83. The fraction of sp³-hybridized carbons (Fsp3) is 0.364. The molecule has 1 rings (SSSR count). The van der Waals surface area contributed by atoms with Crippen molar-refractivity contribution in [1.29, 1.82) is 0 Å². The Morgan fingerprint density at radius 3 is 2.64 bits per heavy atom. The van der Waals surface area contributed by atoms with E-state index in [1.54, 1.807) is 0 Å². The van der Waals surface area contributed by atoms with Gasteiger partial charge >= 0.3 is 0 Å². The number of nitrogens with one attached hydrogen (secondary N) is 1. The van der Waals surface area contributed by atoms with Crippen molar-refractivity contribution >= 4 is 11.6 Å². The van der Waals surface area contributed by atoms with Crippen LogP contribution in [0.2, 0.25) is 0 Å². The molecule has 0 aromatic heterocycles. The summed E-state index contributed by atoms with van der Waals surface area (Å²) in [6.45, 7) is 2.43. The summed E-state index contributed by atoms with van der Waals surface area (Å²) in [5.74, 6) is 0.00172. The molecule has 1 unspecified atom stereocenters. The topological polar surface area (TPSA) is 55.1 Å². The molecular weight excluding hydrogens is 176 g/mol. The van der Waals surface area contributed by atoms with Crippen LogP contribution in [0.5, 0.6) is 0 Å². The van der Waals surface area contributed by atoms with E-state index in [0.29, 0.717) is 6.54 Å². The summed E-state index contributed by atoms with van der Waals surface area (Å²) < 4.78 is 0. The second-order valence-corrected chi connectivity index (χ2v) is 3.33. The molecule has 3 N–H and O–H groups in total. The molecule has 3 nitrogen and oxygen atoms in total. The molecule has 0 radical (unpaired) electrons. The summed E-state index contributed by atoms with van der Waals surface area (Å²) in [4.78, 5) is 11.5. The molecule has 0 bridgehead atoms. The third-order valence-corrected chi connectivity index (χ3v) is 2.09. The standard InChI is InChI=1S/C11H16N2O/c1-9(7-8-12)11(14)13-10-5-3-2-4-6-10/h2-6,9H,7-8,12H2,1H3,(H,13,14). The Bertz CT molecular complexity index is 285. The highest BCUT2D eigenvalue weighted by atomic mass is 16.1. The summed E-state index contributed by atoms with van der Waals surface area (Å²) in [5.41, 5.74) is 6.22. The second kappa shape index (κ2) is 5.40. The van der Waals surface area contributed by atoms with E-state index in [1.165, 1.54) is 0 Å². The van der Waals surface area contributed by atoms with E-state index < -0.39 is 0 Å². The number of carbonyl (C=O) groups is 1. The molecule has 0 aliphatic carbocycles. The van der Waals surface area contributed by atoms with Crippen molar-refractivity contribution in [2.45, 2.75) is 13.3 Å².